The number of hydrogen-bond donors (Lipinski definition) is 2. The van der Waals surface area contributed by atoms with Crippen LogP contribution in [0.4, 0.5) is 8.78 Å². The van der Waals surface area contributed by atoms with Crippen LogP contribution in [0.1, 0.15) is 31.3 Å². The molecule has 1 aromatic heterocycles. The summed E-state index contributed by atoms with van der Waals surface area (Å²) < 4.78 is 34.3. The van der Waals surface area contributed by atoms with Crippen molar-refractivity contribution >= 4 is 23.0 Å². The van der Waals surface area contributed by atoms with E-state index in [1.165, 1.54) is 25.3 Å². The predicted molar refractivity (Wildman–Crippen MR) is 110 cm³/mol. The van der Waals surface area contributed by atoms with Crippen molar-refractivity contribution in [2.24, 2.45) is 5.92 Å². The Morgan fingerprint density at radius 3 is 2.60 bits per heavy atom. The van der Waals surface area contributed by atoms with Crippen LogP contribution in [0.5, 0.6) is 11.5 Å². The maximum atomic E-state index is 12.5. The van der Waals surface area contributed by atoms with Crippen LogP contribution in [0, 0.1) is 5.92 Å². The number of hydrogen-bond acceptors (Lipinski definition) is 4. The molecule has 6 nitrogen and oxygen atoms in total. The minimum absolute atomic E-state index is 0.0705. The fourth-order valence-corrected chi connectivity index (χ4v) is 3.03. The third kappa shape index (κ3) is 5.14. The van der Waals surface area contributed by atoms with E-state index in [0.29, 0.717) is 11.4 Å². The molecule has 0 saturated carbocycles. The molecule has 0 aliphatic rings. The molecule has 1 heterocycles. The number of carbonyl (C=O) groups excluding carboxylic acids is 1. The van der Waals surface area contributed by atoms with Crippen molar-refractivity contribution in [1.29, 1.82) is 0 Å². The molecule has 0 aliphatic heterocycles. The van der Waals surface area contributed by atoms with Crippen LogP contribution in [-0.2, 0) is 4.79 Å². The summed E-state index contributed by atoms with van der Waals surface area (Å²) in [4.78, 5) is 20.3. The van der Waals surface area contributed by atoms with Crippen molar-refractivity contribution in [3.63, 3.8) is 0 Å². The number of rotatable bonds is 8. The van der Waals surface area contributed by atoms with Gasteiger partial charge in [0.15, 0.2) is 11.5 Å². The topological polar surface area (TPSA) is 76.2 Å². The number of carbonyl (C=O) groups is 1. The number of ether oxygens (including phenoxy) is 2. The summed E-state index contributed by atoms with van der Waals surface area (Å²) in [6, 6.07) is 11.8. The molecule has 1 unspecified atom stereocenters. The standard InChI is InChI=1S/C22H23F2N3O3/c1-13(2)20(21-25-15-6-4-5-7-16(15)26-21)27-19(28)11-9-14-8-10-17(30-22(23)24)18(12-14)29-3/h4-13,20,22H,1-3H3,(H,25,26)(H,27,28)/b11-9+. The van der Waals surface area contributed by atoms with Gasteiger partial charge in [-0.1, -0.05) is 32.0 Å². The van der Waals surface area contributed by atoms with E-state index >= 15 is 0 Å². The molecule has 0 aliphatic carbocycles. The summed E-state index contributed by atoms with van der Waals surface area (Å²) in [5.74, 6) is 0.567. The van der Waals surface area contributed by atoms with Crippen molar-refractivity contribution in [1.82, 2.24) is 15.3 Å². The second-order valence-corrected chi connectivity index (χ2v) is 6.99. The summed E-state index contributed by atoms with van der Waals surface area (Å²) in [7, 11) is 1.36. The van der Waals surface area contributed by atoms with Gasteiger partial charge in [0.1, 0.15) is 5.82 Å². The van der Waals surface area contributed by atoms with Gasteiger partial charge in [-0.3, -0.25) is 4.79 Å². The van der Waals surface area contributed by atoms with Gasteiger partial charge >= 0.3 is 6.61 Å². The maximum Gasteiger partial charge on any atom is 0.387 e. The predicted octanol–water partition coefficient (Wildman–Crippen LogP) is 4.70. The molecule has 8 heteroatoms. The Kier molecular flexibility index (Phi) is 6.66. The lowest BCUT2D eigenvalue weighted by Gasteiger charge is -2.19. The van der Waals surface area contributed by atoms with Gasteiger partial charge in [0.2, 0.25) is 5.91 Å². The first kappa shape index (κ1) is 21.3. The molecule has 158 valence electrons. The number of aromatic amines is 1. The first-order valence-corrected chi connectivity index (χ1v) is 9.43. The molecular formula is C22H23F2N3O3. The van der Waals surface area contributed by atoms with Crippen molar-refractivity contribution in [2.45, 2.75) is 26.5 Å². The Morgan fingerprint density at radius 2 is 1.93 bits per heavy atom. The van der Waals surface area contributed by atoms with Crippen LogP contribution in [-0.4, -0.2) is 29.6 Å². The second kappa shape index (κ2) is 9.39. The lowest BCUT2D eigenvalue weighted by molar-refractivity contribution is -0.117. The van der Waals surface area contributed by atoms with Gasteiger partial charge in [-0.25, -0.2) is 4.98 Å². The monoisotopic (exact) mass is 415 g/mol. The highest BCUT2D eigenvalue weighted by molar-refractivity contribution is 5.92. The van der Waals surface area contributed by atoms with Crippen molar-refractivity contribution < 1.29 is 23.0 Å². The Labute approximate surface area is 172 Å². The lowest BCUT2D eigenvalue weighted by Crippen LogP contribution is -2.31. The molecule has 0 saturated heterocycles. The van der Waals surface area contributed by atoms with Crippen LogP contribution in [0.2, 0.25) is 0 Å². The van der Waals surface area contributed by atoms with Crippen molar-refractivity contribution in [3.8, 4) is 11.5 Å². The number of methoxy groups -OCH3 is 1. The van der Waals surface area contributed by atoms with Gasteiger partial charge in [0.25, 0.3) is 0 Å². The molecule has 0 radical (unpaired) electrons. The Hall–Kier alpha value is -3.42. The minimum atomic E-state index is -2.95. The average molecular weight is 415 g/mol. The number of para-hydroxylation sites is 2. The minimum Gasteiger partial charge on any atom is -0.493 e. The molecule has 3 rings (SSSR count). The SMILES string of the molecule is COc1cc(/C=C/C(=O)NC(c2nc3ccccc3[nH]2)C(C)C)ccc1OC(F)F. The largest absolute Gasteiger partial charge is 0.493 e. The van der Waals surface area contributed by atoms with Crippen molar-refractivity contribution in [2.75, 3.05) is 7.11 Å². The summed E-state index contributed by atoms with van der Waals surface area (Å²) in [6.45, 7) is 1.04. The smallest absolute Gasteiger partial charge is 0.387 e. The van der Waals surface area contributed by atoms with Gasteiger partial charge in [0.05, 0.1) is 24.2 Å². The first-order chi connectivity index (χ1) is 14.4. The Morgan fingerprint density at radius 1 is 1.17 bits per heavy atom. The van der Waals surface area contributed by atoms with Gasteiger partial charge in [0, 0.05) is 6.08 Å². The molecule has 1 amide bonds. The highest BCUT2D eigenvalue weighted by Crippen LogP contribution is 2.30. The highest BCUT2D eigenvalue weighted by atomic mass is 19.3. The summed E-state index contributed by atoms with van der Waals surface area (Å²) in [5.41, 5.74) is 2.34. The molecule has 1 atom stereocenters. The van der Waals surface area contributed by atoms with E-state index < -0.39 is 6.61 Å². The Bertz CT molecular complexity index is 1010. The molecule has 2 aromatic carbocycles. The number of nitrogens with one attached hydrogen (secondary N) is 2. The average Bonchev–Trinajstić information content (AvgIpc) is 3.14. The number of H-pyrrole nitrogens is 1. The first-order valence-electron chi connectivity index (χ1n) is 9.43. The van der Waals surface area contributed by atoms with Crippen LogP contribution in [0.15, 0.2) is 48.5 Å². The molecule has 3 aromatic rings. The number of amides is 1. The quantitative estimate of drug-likeness (QED) is 0.523. The molecule has 0 fully saturated rings. The third-order valence-electron chi connectivity index (χ3n) is 4.50. The molecular weight excluding hydrogens is 392 g/mol. The van der Waals surface area contributed by atoms with E-state index in [1.54, 1.807) is 12.1 Å². The van der Waals surface area contributed by atoms with E-state index in [-0.39, 0.29) is 29.4 Å². The van der Waals surface area contributed by atoms with E-state index in [4.69, 9.17) is 4.74 Å². The zero-order chi connectivity index (χ0) is 21.7. The maximum absolute atomic E-state index is 12.5. The Balaban J connectivity index is 1.73. The van der Waals surface area contributed by atoms with Gasteiger partial charge < -0.3 is 19.8 Å². The van der Waals surface area contributed by atoms with E-state index in [2.05, 4.69) is 20.0 Å². The number of nitrogens with zero attached hydrogens (tertiary/aromatic N) is 1. The zero-order valence-electron chi connectivity index (χ0n) is 16.9. The summed E-state index contributed by atoms with van der Waals surface area (Å²) in [5, 5.41) is 2.96. The van der Waals surface area contributed by atoms with E-state index in [0.717, 1.165) is 11.0 Å². The molecule has 2 N–H and O–H groups in total. The number of benzene rings is 2. The second-order valence-electron chi connectivity index (χ2n) is 6.99. The zero-order valence-corrected chi connectivity index (χ0v) is 16.9. The fourth-order valence-electron chi connectivity index (χ4n) is 3.03. The normalized spacial score (nSPS) is 12.6. The number of halogens is 2. The molecule has 30 heavy (non-hydrogen) atoms. The summed E-state index contributed by atoms with van der Waals surface area (Å²) >= 11 is 0. The van der Waals surface area contributed by atoms with Gasteiger partial charge in [-0.2, -0.15) is 8.78 Å². The molecule has 0 spiro atoms. The van der Waals surface area contributed by atoms with E-state index in [9.17, 15) is 13.6 Å². The number of aromatic nitrogens is 2. The number of imidazole rings is 1. The van der Waals surface area contributed by atoms with E-state index in [1.807, 2.05) is 38.1 Å². The van der Waals surface area contributed by atoms with Crippen LogP contribution in [0.3, 0.4) is 0 Å². The van der Waals surface area contributed by atoms with Crippen LogP contribution < -0.4 is 14.8 Å². The number of fused-ring (bicyclic) bond motifs is 1. The highest BCUT2D eigenvalue weighted by Gasteiger charge is 2.21. The number of alkyl halides is 2. The van der Waals surface area contributed by atoms with Gasteiger partial charge in [-0.15, -0.1) is 0 Å². The van der Waals surface area contributed by atoms with Crippen molar-refractivity contribution in [3.05, 3.63) is 59.9 Å². The third-order valence-corrected chi connectivity index (χ3v) is 4.50. The van der Waals surface area contributed by atoms with Gasteiger partial charge in [-0.05, 0) is 41.8 Å². The van der Waals surface area contributed by atoms with Crippen LogP contribution >= 0.6 is 0 Å². The lowest BCUT2D eigenvalue weighted by atomic mass is 10.0. The van der Waals surface area contributed by atoms with Crippen LogP contribution in [0.25, 0.3) is 17.1 Å². The summed E-state index contributed by atoms with van der Waals surface area (Å²) in [6.07, 6.45) is 2.94. The fraction of sp³-hybridized carbons (Fsp3) is 0.273. The molecule has 0 bridgehead atoms.